The molecule has 1 aliphatic heterocycles. The topological polar surface area (TPSA) is 149 Å². The molecule has 1 heterocycles. The van der Waals surface area contributed by atoms with E-state index < -0.39 is 49.5 Å². The Balaban J connectivity index is 2.03. The van der Waals surface area contributed by atoms with Crippen molar-refractivity contribution in [2.45, 2.75) is 339 Å². The molecule has 0 aromatic heterocycles. The average molecular weight is 953 g/mol. The monoisotopic (exact) mass is 952 g/mol. The minimum Gasteiger partial charge on any atom is -0.394 e. The Hall–Kier alpha value is -1.07. The summed E-state index contributed by atoms with van der Waals surface area (Å²) < 4.78 is 11.2. The van der Waals surface area contributed by atoms with Crippen molar-refractivity contribution in [1.82, 2.24) is 5.32 Å². The molecule has 0 spiro atoms. The fourth-order valence-electron chi connectivity index (χ4n) is 9.69. The predicted octanol–water partition coefficient (Wildman–Crippen LogP) is 14.4. The molecular weight excluding hydrogens is 839 g/mol. The van der Waals surface area contributed by atoms with E-state index in [1.54, 1.807) is 6.08 Å². The van der Waals surface area contributed by atoms with Gasteiger partial charge < -0.3 is 40.3 Å². The third-order valence-corrected chi connectivity index (χ3v) is 14.4. The molecule has 6 N–H and O–H groups in total. The second-order valence-corrected chi connectivity index (χ2v) is 20.8. The van der Waals surface area contributed by atoms with Crippen molar-refractivity contribution in [2.75, 3.05) is 13.2 Å². The van der Waals surface area contributed by atoms with E-state index in [2.05, 4.69) is 19.2 Å². The highest BCUT2D eigenvalue weighted by atomic mass is 16.7. The molecule has 0 aromatic carbocycles. The van der Waals surface area contributed by atoms with Gasteiger partial charge in [0, 0.05) is 6.42 Å². The lowest BCUT2D eigenvalue weighted by molar-refractivity contribution is -0.302. The van der Waals surface area contributed by atoms with Gasteiger partial charge in [0.05, 0.1) is 25.4 Å². The van der Waals surface area contributed by atoms with Crippen molar-refractivity contribution < 1.29 is 39.8 Å². The average Bonchev–Trinajstić information content (AvgIpc) is 3.33. The number of unbranched alkanes of at least 4 members (excludes halogenated alkanes) is 41. The second-order valence-electron chi connectivity index (χ2n) is 20.8. The van der Waals surface area contributed by atoms with Gasteiger partial charge in [-0.3, -0.25) is 4.79 Å². The highest BCUT2D eigenvalue weighted by Crippen LogP contribution is 2.23. The first kappa shape index (κ1) is 63.9. The van der Waals surface area contributed by atoms with Gasteiger partial charge in [0.15, 0.2) is 6.29 Å². The Morgan fingerprint density at radius 1 is 0.493 bits per heavy atom. The number of carbonyl (C=O) groups excluding carboxylic acids is 1. The number of carbonyl (C=O) groups is 1. The molecule has 67 heavy (non-hydrogen) atoms. The van der Waals surface area contributed by atoms with Crippen LogP contribution in [-0.2, 0) is 14.3 Å². The molecule has 398 valence electrons. The lowest BCUT2D eigenvalue weighted by atomic mass is 9.99. The molecule has 9 nitrogen and oxygen atoms in total. The van der Waals surface area contributed by atoms with Gasteiger partial charge in [-0.15, -0.1) is 0 Å². The van der Waals surface area contributed by atoms with Gasteiger partial charge in [0.1, 0.15) is 24.4 Å². The van der Waals surface area contributed by atoms with Crippen molar-refractivity contribution in [3.63, 3.8) is 0 Å². The summed E-state index contributed by atoms with van der Waals surface area (Å²) in [5.74, 6) is -0.172. The van der Waals surface area contributed by atoms with Crippen LogP contribution in [0.25, 0.3) is 0 Å². The predicted molar refractivity (Wildman–Crippen MR) is 281 cm³/mol. The molecular formula is C58H113NO8. The third kappa shape index (κ3) is 38.3. The zero-order valence-electron chi connectivity index (χ0n) is 44.2. The summed E-state index contributed by atoms with van der Waals surface area (Å²) >= 11 is 0. The molecule has 1 amide bonds. The molecule has 1 rings (SSSR count). The Bertz CT molecular complexity index is 1060. The smallest absolute Gasteiger partial charge is 0.220 e. The number of ether oxygens (including phenoxy) is 2. The number of hydrogen-bond donors (Lipinski definition) is 6. The van der Waals surface area contributed by atoms with E-state index in [1.165, 1.54) is 238 Å². The van der Waals surface area contributed by atoms with Gasteiger partial charge >= 0.3 is 0 Å². The molecule has 1 saturated heterocycles. The standard InChI is InChI=1S/C58H113NO8/c1-3-5-7-9-11-13-15-16-17-18-19-20-21-22-23-24-25-26-27-28-29-30-31-32-33-34-35-36-37-38-40-42-44-46-48-54(62)59-51(50-66-58-57(65)56(64)55(63)53(49-60)67-58)52(61)47-45-43-41-39-14-12-10-8-6-4-2/h45,47,51-53,55-58,60-61,63-65H,3-44,46,48-50H2,1-2H3,(H,59,62)/b47-45+/t51-,52+,53+,55+,56?,57?,58+/m0/s1. The largest absolute Gasteiger partial charge is 0.394 e. The van der Waals surface area contributed by atoms with Gasteiger partial charge in [-0.05, 0) is 19.3 Å². The van der Waals surface area contributed by atoms with Crippen LogP contribution in [0.15, 0.2) is 12.2 Å². The maximum absolute atomic E-state index is 13.0. The number of rotatable bonds is 51. The molecule has 1 aliphatic rings. The van der Waals surface area contributed by atoms with E-state index in [0.29, 0.717) is 6.42 Å². The van der Waals surface area contributed by atoms with Crippen LogP contribution in [0, 0.1) is 0 Å². The van der Waals surface area contributed by atoms with Crippen molar-refractivity contribution in [2.24, 2.45) is 0 Å². The summed E-state index contributed by atoms with van der Waals surface area (Å²) in [4.78, 5) is 13.0. The van der Waals surface area contributed by atoms with Crippen molar-refractivity contribution >= 4 is 5.91 Å². The Kier molecular flexibility index (Phi) is 46.3. The fourth-order valence-corrected chi connectivity index (χ4v) is 9.69. The van der Waals surface area contributed by atoms with Crippen molar-refractivity contribution in [3.05, 3.63) is 12.2 Å². The second kappa shape index (κ2) is 48.6. The highest BCUT2D eigenvalue weighted by molar-refractivity contribution is 5.76. The van der Waals surface area contributed by atoms with E-state index in [4.69, 9.17) is 9.47 Å². The Labute approximate surface area is 414 Å². The van der Waals surface area contributed by atoms with Gasteiger partial charge in [-0.2, -0.15) is 0 Å². The normalized spacial score (nSPS) is 19.7. The number of aliphatic hydroxyl groups excluding tert-OH is 5. The third-order valence-electron chi connectivity index (χ3n) is 14.4. The Morgan fingerprint density at radius 3 is 1.16 bits per heavy atom. The molecule has 0 radical (unpaired) electrons. The summed E-state index contributed by atoms with van der Waals surface area (Å²) in [5.41, 5.74) is 0. The van der Waals surface area contributed by atoms with Crippen LogP contribution in [0.2, 0.25) is 0 Å². The molecule has 0 aliphatic carbocycles. The number of hydrogen-bond acceptors (Lipinski definition) is 8. The first-order valence-corrected chi connectivity index (χ1v) is 29.4. The maximum atomic E-state index is 13.0. The molecule has 9 heteroatoms. The van der Waals surface area contributed by atoms with E-state index >= 15 is 0 Å². The number of nitrogens with one attached hydrogen (secondary N) is 1. The van der Waals surface area contributed by atoms with E-state index in [0.717, 1.165) is 38.5 Å². The van der Waals surface area contributed by atoms with Crippen LogP contribution in [0.5, 0.6) is 0 Å². The number of allylic oxidation sites excluding steroid dienone is 1. The first-order chi connectivity index (χ1) is 32.8. The summed E-state index contributed by atoms with van der Waals surface area (Å²) in [7, 11) is 0. The summed E-state index contributed by atoms with van der Waals surface area (Å²) in [5, 5.41) is 54.2. The van der Waals surface area contributed by atoms with Crippen LogP contribution >= 0.6 is 0 Å². The minimum atomic E-state index is -1.56. The van der Waals surface area contributed by atoms with Crippen LogP contribution < -0.4 is 5.32 Å². The van der Waals surface area contributed by atoms with Crippen LogP contribution in [0.3, 0.4) is 0 Å². The summed E-state index contributed by atoms with van der Waals surface area (Å²) in [6.45, 7) is 3.78. The summed E-state index contributed by atoms with van der Waals surface area (Å²) in [6.07, 6.45) is 53.2. The van der Waals surface area contributed by atoms with Crippen LogP contribution in [0.1, 0.15) is 296 Å². The molecule has 0 aromatic rings. The number of aliphatic hydroxyl groups is 5. The lowest BCUT2D eigenvalue weighted by Crippen LogP contribution is -2.60. The zero-order valence-corrected chi connectivity index (χ0v) is 44.2. The van der Waals surface area contributed by atoms with Gasteiger partial charge in [0.2, 0.25) is 5.91 Å². The molecule has 0 bridgehead atoms. The minimum absolute atomic E-state index is 0.172. The molecule has 0 saturated carbocycles. The molecule has 2 unspecified atom stereocenters. The molecule has 1 fully saturated rings. The molecule has 7 atom stereocenters. The highest BCUT2D eigenvalue weighted by Gasteiger charge is 2.44. The maximum Gasteiger partial charge on any atom is 0.220 e. The number of amides is 1. The van der Waals surface area contributed by atoms with Crippen LogP contribution in [0.4, 0.5) is 0 Å². The van der Waals surface area contributed by atoms with E-state index in [-0.39, 0.29) is 12.5 Å². The quantitative estimate of drug-likeness (QED) is 0.0261. The van der Waals surface area contributed by atoms with Crippen LogP contribution in [-0.4, -0.2) is 87.5 Å². The SMILES string of the molecule is CCCCCCCCCC/C=C/[C@@H](O)[C@H](CO[C@@H]1O[C@H](CO)[C@@H](O)C(O)C1O)NC(=O)CCCCCCCCCCCCCCCCCCCCCCCCCCCCCCCCCCCC. The first-order valence-electron chi connectivity index (χ1n) is 29.4. The van der Waals surface area contributed by atoms with Gasteiger partial charge in [-0.1, -0.05) is 283 Å². The lowest BCUT2D eigenvalue weighted by Gasteiger charge is -2.40. The van der Waals surface area contributed by atoms with Gasteiger partial charge in [-0.25, -0.2) is 0 Å². The fraction of sp³-hybridized carbons (Fsp3) is 0.948. The van der Waals surface area contributed by atoms with Crippen molar-refractivity contribution in [1.29, 1.82) is 0 Å². The zero-order chi connectivity index (χ0) is 48.7. The van der Waals surface area contributed by atoms with E-state index in [1.807, 2.05) is 6.08 Å². The van der Waals surface area contributed by atoms with E-state index in [9.17, 15) is 30.3 Å². The van der Waals surface area contributed by atoms with Gasteiger partial charge in [0.25, 0.3) is 0 Å². The Morgan fingerprint density at radius 2 is 0.821 bits per heavy atom. The summed E-state index contributed by atoms with van der Waals surface area (Å²) in [6, 6.07) is -0.798. The van der Waals surface area contributed by atoms with Crippen molar-refractivity contribution in [3.8, 4) is 0 Å².